The molecule has 4 heterocycles. The molecule has 6 nitrogen and oxygen atoms in total. The Bertz CT molecular complexity index is 487. The highest BCUT2D eigenvalue weighted by molar-refractivity contribution is 5.34. The molecule has 0 aromatic heterocycles. The van der Waals surface area contributed by atoms with Crippen LogP contribution in [0.3, 0.4) is 0 Å². The van der Waals surface area contributed by atoms with Crippen LogP contribution in [-0.4, -0.2) is 54.0 Å². The first kappa shape index (κ1) is 14.4. The van der Waals surface area contributed by atoms with Crippen LogP contribution in [0.15, 0.2) is 0 Å². The predicted octanol–water partition coefficient (Wildman–Crippen LogP) is 1.56. The molecule has 4 rings (SSSR count). The highest BCUT2D eigenvalue weighted by atomic mass is 16.9. The van der Waals surface area contributed by atoms with Crippen molar-refractivity contribution >= 4 is 0 Å². The van der Waals surface area contributed by atoms with Crippen LogP contribution < -0.4 is 0 Å². The number of rotatable bonds is 2. The third-order valence-corrected chi connectivity index (χ3v) is 4.98. The van der Waals surface area contributed by atoms with E-state index in [2.05, 4.69) is 0 Å². The molecule has 4 aliphatic rings. The number of ether oxygens (including phenoxy) is 6. The van der Waals surface area contributed by atoms with Gasteiger partial charge in [-0.3, -0.25) is 0 Å². The van der Waals surface area contributed by atoms with Gasteiger partial charge in [0.05, 0.1) is 13.2 Å². The van der Waals surface area contributed by atoms with Gasteiger partial charge in [-0.25, -0.2) is 0 Å². The van der Waals surface area contributed by atoms with Crippen molar-refractivity contribution in [3.63, 3.8) is 0 Å². The summed E-state index contributed by atoms with van der Waals surface area (Å²) in [7, 11) is 0. The average Bonchev–Trinajstić information content (AvgIpc) is 2.59. The maximum absolute atomic E-state index is 6.14. The second kappa shape index (κ2) is 3.63. The monoisotopic (exact) mass is 300 g/mol. The van der Waals surface area contributed by atoms with Crippen molar-refractivity contribution < 1.29 is 28.4 Å². The Morgan fingerprint density at radius 2 is 1.24 bits per heavy atom. The summed E-state index contributed by atoms with van der Waals surface area (Å²) in [5.74, 6) is -1.96. The molecule has 4 atom stereocenters. The van der Waals surface area contributed by atoms with Crippen LogP contribution in [0.25, 0.3) is 0 Å². The van der Waals surface area contributed by atoms with E-state index in [1.807, 2.05) is 41.5 Å². The smallest absolute Gasteiger partial charge is 0.234 e. The van der Waals surface area contributed by atoms with Crippen molar-refractivity contribution in [2.45, 2.75) is 82.3 Å². The molecular weight excluding hydrogens is 276 g/mol. The highest BCUT2D eigenvalue weighted by Gasteiger charge is 2.95. The van der Waals surface area contributed by atoms with E-state index in [0.717, 1.165) is 0 Å². The predicted molar refractivity (Wildman–Crippen MR) is 71.5 cm³/mol. The lowest BCUT2D eigenvalue weighted by atomic mass is 9.73. The van der Waals surface area contributed by atoms with E-state index in [4.69, 9.17) is 28.4 Å². The molecule has 0 saturated carbocycles. The summed E-state index contributed by atoms with van der Waals surface area (Å²) in [4.78, 5) is 0. The van der Waals surface area contributed by atoms with Crippen molar-refractivity contribution in [2.24, 2.45) is 0 Å². The fourth-order valence-corrected chi connectivity index (χ4v) is 4.07. The van der Waals surface area contributed by atoms with Crippen LogP contribution in [-0.2, 0) is 28.4 Å². The summed E-state index contributed by atoms with van der Waals surface area (Å²) >= 11 is 0. The molecule has 0 unspecified atom stereocenters. The van der Waals surface area contributed by atoms with Crippen LogP contribution in [0.5, 0.6) is 0 Å². The topological polar surface area (TPSA) is 58.7 Å². The molecule has 4 aliphatic heterocycles. The van der Waals surface area contributed by atoms with E-state index < -0.39 is 28.6 Å². The lowest BCUT2D eigenvalue weighted by Crippen LogP contribution is -2.70. The van der Waals surface area contributed by atoms with Gasteiger partial charge in [0.2, 0.25) is 5.79 Å². The first-order valence-electron chi connectivity index (χ1n) is 7.58. The van der Waals surface area contributed by atoms with Gasteiger partial charge in [0.1, 0.15) is 17.8 Å². The molecule has 120 valence electrons. The fourth-order valence-electron chi connectivity index (χ4n) is 4.07. The second-order valence-corrected chi connectivity index (χ2v) is 7.75. The van der Waals surface area contributed by atoms with Crippen molar-refractivity contribution in [1.29, 1.82) is 0 Å². The Morgan fingerprint density at radius 1 is 0.714 bits per heavy atom. The molecule has 0 aliphatic carbocycles. The average molecular weight is 300 g/mol. The van der Waals surface area contributed by atoms with E-state index in [-0.39, 0.29) is 12.2 Å². The lowest BCUT2D eigenvalue weighted by Gasteiger charge is -2.48. The molecular formula is C15H24O6. The number of fused-ring (bicyclic) bond motifs is 1. The molecule has 0 aromatic carbocycles. The Morgan fingerprint density at radius 3 is 1.67 bits per heavy atom. The SMILES string of the molecule is CC1(C)OC[C@@H]([C@]23O[C@@]2([C@H]2COC(C)(C)O2)OC3(C)C)O1. The molecule has 6 heteroatoms. The Balaban J connectivity index is 1.60. The molecule has 0 aromatic rings. The van der Waals surface area contributed by atoms with E-state index in [9.17, 15) is 0 Å². The van der Waals surface area contributed by atoms with Gasteiger partial charge in [0, 0.05) is 0 Å². The van der Waals surface area contributed by atoms with Gasteiger partial charge in [0.25, 0.3) is 0 Å². The molecule has 21 heavy (non-hydrogen) atoms. The first-order valence-corrected chi connectivity index (χ1v) is 7.58. The van der Waals surface area contributed by atoms with E-state index in [1.54, 1.807) is 0 Å². The van der Waals surface area contributed by atoms with Crippen LogP contribution in [0.1, 0.15) is 41.5 Å². The summed E-state index contributed by atoms with van der Waals surface area (Å²) in [6.45, 7) is 12.6. The largest absolute Gasteiger partial charge is 0.348 e. The quantitative estimate of drug-likeness (QED) is 0.721. The van der Waals surface area contributed by atoms with Gasteiger partial charge in [-0.05, 0) is 41.5 Å². The lowest BCUT2D eigenvalue weighted by molar-refractivity contribution is -0.277. The summed E-state index contributed by atoms with van der Waals surface area (Å²) < 4.78 is 35.6. The molecule has 0 radical (unpaired) electrons. The van der Waals surface area contributed by atoms with Crippen molar-refractivity contribution in [1.82, 2.24) is 0 Å². The highest BCUT2D eigenvalue weighted by Crippen LogP contribution is 2.72. The van der Waals surface area contributed by atoms with Crippen LogP contribution in [0, 0.1) is 0 Å². The van der Waals surface area contributed by atoms with Crippen molar-refractivity contribution in [2.75, 3.05) is 13.2 Å². The van der Waals surface area contributed by atoms with E-state index in [1.165, 1.54) is 0 Å². The number of epoxide rings is 1. The zero-order valence-corrected chi connectivity index (χ0v) is 13.5. The zero-order valence-electron chi connectivity index (χ0n) is 13.5. The van der Waals surface area contributed by atoms with Crippen molar-refractivity contribution in [3.8, 4) is 0 Å². The minimum Gasteiger partial charge on any atom is -0.348 e. The third-order valence-electron chi connectivity index (χ3n) is 4.98. The molecule has 4 saturated heterocycles. The summed E-state index contributed by atoms with van der Waals surface area (Å²) in [6, 6.07) is 0. The van der Waals surface area contributed by atoms with Crippen molar-refractivity contribution in [3.05, 3.63) is 0 Å². The van der Waals surface area contributed by atoms with Gasteiger partial charge >= 0.3 is 0 Å². The molecule has 4 fully saturated rings. The maximum atomic E-state index is 6.14. The molecule has 0 spiro atoms. The Kier molecular flexibility index (Phi) is 2.48. The van der Waals surface area contributed by atoms with Crippen LogP contribution >= 0.6 is 0 Å². The van der Waals surface area contributed by atoms with Gasteiger partial charge in [-0.2, -0.15) is 0 Å². The summed E-state index contributed by atoms with van der Waals surface area (Å²) in [6.07, 6.45) is -0.406. The maximum Gasteiger partial charge on any atom is 0.234 e. The Labute approximate surface area is 125 Å². The molecule has 0 bridgehead atoms. The fraction of sp³-hybridized carbons (Fsp3) is 1.00. The first-order chi connectivity index (χ1) is 9.54. The minimum atomic E-state index is -0.765. The van der Waals surface area contributed by atoms with Gasteiger partial charge in [0.15, 0.2) is 17.2 Å². The normalized spacial score (nSPS) is 52.3. The second-order valence-electron chi connectivity index (χ2n) is 7.75. The van der Waals surface area contributed by atoms with Gasteiger partial charge in [-0.1, -0.05) is 0 Å². The van der Waals surface area contributed by atoms with Gasteiger partial charge in [-0.15, -0.1) is 0 Å². The molecule has 0 N–H and O–H groups in total. The standard InChI is InChI=1S/C15H24O6/c1-11(2)14(9-7-16-12(3,4)18-9)15(20-11,21-14)10-8-17-13(5,6)19-10/h9-10H,7-8H2,1-6H3/t9-,10+,14+,15+/m0/s1. The number of hydrogen-bond acceptors (Lipinski definition) is 6. The zero-order chi connectivity index (χ0) is 15.3. The van der Waals surface area contributed by atoms with Crippen LogP contribution in [0.2, 0.25) is 0 Å². The van der Waals surface area contributed by atoms with Crippen LogP contribution in [0.4, 0.5) is 0 Å². The van der Waals surface area contributed by atoms with E-state index in [0.29, 0.717) is 13.2 Å². The Hall–Kier alpha value is -0.240. The number of hydrogen-bond donors (Lipinski definition) is 0. The summed E-state index contributed by atoms with van der Waals surface area (Å²) in [5.41, 5.74) is -0.959. The van der Waals surface area contributed by atoms with E-state index >= 15 is 0 Å². The minimum absolute atomic E-state index is 0.163. The third kappa shape index (κ3) is 1.63. The molecule has 0 amide bonds. The summed E-state index contributed by atoms with van der Waals surface area (Å²) in [5, 5.41) is 0. The van der Waals surface area contributed by atoms with Gasteiger partial charge < -0.3 is 28.4 Å².